The van der Waals surface area contributed by atoms with Gasteiger partial charge in [0.1, 0.15) is 0 Å². The molecule has 1 atom stereocenters. The van der Waals surface area contributed by atoms with Gasteiger partial charge < -0.3 is 5.11 Å². The van der Waals surface area contributed by atoms with Gasteiger partial charge in [0.25, 0.3) is 0 Å². The summed E-state index contributed by atoms with van der Waals surface area (Å²) in [6, 6.07) is 1.89. The van der Waals surface area contributed by atoms with E-state index in [2.05, 4.69) is 0 Å². The van der Waals surface area contributed by atoms with E-state index < -0.39 is 5.60 Å². The molecule has 0 aromatic heterocycles. The van der Waals surface area contributed by atoms with Crippen molar-refractivity contribution < 1.29 is 5.11 Å². The van der Waals surface area contributed by atoms with Crippen LogP contribution in [0, 0.1) is 11.3 Å². The first kappa shape index (κ1) is 10.2. The van der Waals surface area contributed by atoms with Crippen molar-refractivity contribution in [3.8, 4) is 6.07 Å². The predicted octanol–water partition coefficient (Wildman–Crippen LogP) is 2.01. The summed E-state index contributed by atoms with van der Waals surface area (Å²) in [6.45, 7) is 3.82. The van der Waals surface area contributed by atoms with E-state index in [0.717, 1.165) is 12.8 Å². The molecule has 0 aromatic rings. The highest BCUT2D eigenvalue weighted by atomic mass is 16.3. The Kier molecular flexibility index (Phi) is 4.56. The summed E-state index contributed by atoms with van der Waals surface area (Å²) >= 11 is 0. The van der Waals surface area contributed by atoms with Gasteiger partial charge in [-0.05, 0) is 19.8 Å². The average Bonchev–Trinajstić information content (AvgIpc) is 1.87. The molecule has 0 aliphatic heterocycles. The molecule has 0 aliphatic rings. The molecule has 0 aliphatic carbocycles. The Bertz CT molecular complexity index is 165. The number of aliphatic hydroxyl groups is 1. The molecule has 1 N–H and O–H groups in total. The Morgan fingerprint density at radius 2 is 2.27 bits per heavy atom. The van der Waals surface area contributed by atoms with E-state index in [1.165, 1.54) is 6.08 Å². The van der Waals surface area contributed by atoms with Gasteiger partial charge in [-0.2, -0.15) is 5.26 Å². The molecule has 2 nitrogen and oxygen atoms in total. The van der Waals surface area contributed by atoms with Gasteiger partial charge in [-0.1, -0.05) is 19.4 Å². The maximum atomic E-state index is 9.58. The highest BCUT2D eigenvalue weighted by Gasteiger charge is 2.16. The minimum absolute atomic E-state index is 0.564. The number of hydrogen-bond donors (Lipinski definition) is 1. The monoisotopic (exact) mass is 153 g/mol. The van der Waals surface area contributed by atoms with Crippen molar-refractivity contribution in [1.82, 2.24) is 0 Å². The van der Waals surface area contributed by atoms with Crippen LogP contribution in [0.3, 0.4) is 0 Å². The quantitative estimate of drug-likeness (QED) is 0.628. The summed E-state index contributed by atoms with van der Waals surface area (Å²) in [6.07, 6.45) is 5.42. The van der Waals surface area contributed by atoms with E-state index >= 15 is 0 Å². The van der Waals surface area contributed by atoms with Crippen LogP contribution in [0.25, 0.3) is 0 Å². The van der Waals surface area contributed by atoms with Gasteiger partial charge in [-0.3, -0.25) is 0 Å². The van der Waals surface area contributed by atoms with E-state index in [9.17, 15) is 5.11 Å². The summed E-state index contributed by atoms with van der Waals surface area (Å²) in [5, 5.41) is 17.8. The Morgan fingerprint density at radius 3 is 2.73 bits per heavy atom. The van der Waals surface area contributed by atoms with Crippen molar-refractivity contribution in [2.75, 3.05) is 0 Å². The second-order valence-electron chi connectivity index (χ2n) is 2.98. The standard InChI is InChI=1S/C9H15NO/c1-3-6-9(2,11)7-4-5-8-10/h4-5,11H,3,6-7H2,1-2H3/b5-4+. The van der Waals surface area contributed by atoms with Crippen LogP contribution in [0.15, 0.2) is 12.2 Å². The largest absolute Gasteiger partial charge is 0.390 e. The molecule has 0 aromatic carbocycles. The lowest BCUT2D eigenvalue weighted by molar-refractivity contribution is 0.0533. The topological polar surface area (TPSA) is 44.0 Å². The van der Waals surface area contributed by atoms with Gasteiger partial charge in [-0.15, -0.1) is 0 Å². The second-order valence-corrected chi connectivity index (χ2v) is 2.98. The molecule has 0 rings (SSSR count). The van der Waals surface area contributed by atoms with Crippen LogP contribution >= 0.6 is 0 Å². The maximum absolute atomic E-state index is 9.58. The van der Waals surface area contributed by atoms with Gasteiger partial charge in [0.2, 0.25) is 0 Å². The third-order valence-corrected chi connectivity index (χ3v) is 1.54. The van der Waals surface area contributed by atoms with Crippen LogP contribution in [-0.4, -0.2) is 10.7 Å². The third kappa shape index (κ3) is 5.63. The minimum atomic E-state index is -0.637. The average molecular weight is 153 g/mol. The summed E-state index contributed by atoms with van der Waals surface area (Å²) in [7, 11) is 0. The molecule has 0 radical (unpaired) electrons. The van der Waals surface area contributed by atoms with Crippen LogP contribution in [-0.2, 0) is 0 Å². The van der Waals surface area contributed by atoms with Crippen molar-refractivity contribution >= 4 is 0 Å². The molecule has 11 heavy (non-hydrogen) atoms. The zero-order valence-corrected chi connectivity index (χ0v) is 7.17. The number of hydrogen-bond acceptors (Lipinski definition) is 2. The summed E-state index contributed by atoms with van der Waals surface area (Å²) < 4.78 is 0. The van der Waals surface area contributed by atoms with Crippen molar-refractivity contribution in [3.05, 3.63) is 12.2 Å². The number of nitriles is 1. The normalized spacial score (nSPS) is 16.2. The fourth-order valence-corrected chi connectivity index (χ4v) is 1.01. The van der Waals surface area contributed by atoms with Gasteiger partial charge in [0.05, 0.1) is 11.7 Å². The molecule has 0 saturated carbocycles. The van der Waals surface area contributed by atoms with Crippen molar-refractivity contribution in [2.24, 2.45) is 0 Å². The van der Waals surface area contributed by atoms with Gasteiger partial charge >= 0.3 is 0 Å². The third-order valence-electron chi connectivity index (χ3n) is 1.54. The lowest BCUT2D eigenvalue weighted by Gasteiger charge is -2.19. The molecule has 1 unspecified atom stereocenters. The Hall–Kier alpha value is -0.810. The van der Waals surface area contributed by atoms with Crippen molar-refractivity contribution in [3.63, 3.8) is 0 Å². The first-order chi connectivity index (χ1) is 5.12. The Balaban J connectivity index is 3.73. The van der Waals surface area contributed by atoms with Crippen LogP contribution in [0.2, 0.25) is 0 Å². The zero-order valence-electron chi connectivity index (χ0n) is 7.17. The highest BCUT2D eigenvalue weighted by molar-refractivity contribution is 5.03. The molecule has 0 heterocycles. The first-order valence-electron chi connectivity index (χ1n) is 3.89. The molecule has 0 amide bonds. The maximum Gasteiger partial charge on any atom is 0.0908 e. The zero-order chi connectivity index (χ0) is 8.74. The SMILES string of the molecule is CCCC(C)(O)C/C=C/C#N. The Morgan fingerprint density at radius 1 is 1.64 bits per heavy atom. The lowest BCUT2D eigenvalue weighted by Crippen LogP contribution is -2.22. The van der Waals surface area contributed by atoms with E-state index in [1.807, 2.05) is 13.0 Å². The summed E-state index contributed by atoms with van der Waals surface area (Å²) in [5.41, 5.74) is -0.637. The smallest absolute Gasteiger partial charge is 0.0908 e. The molecule has 0 spiro atoms. The second kappa shape index (κ2) is 4.92. The van der Waals surface area contributed by atoms with E-state index in [4.69, 9.17) is 5.26 Å². The van der Waals surface area contributed by atoms with Crippen LogP contribution in [0.4, 0.5) is 0 Å². The van der Waals surface area contributed by atoms with Gasteiger partial charge in [0, 0.05) is 6.08 Å². The molecule has 0 saturated heterocycles. The van der Waals surface area contributed by atoms with Crippen LogP contribution in [0.5, 0.6) is 0 Å². The highest BCUT2D eigenvalue weighted by Crippen LogP contribution is 2.16. The van der Waals surface area contributed by atoms with Crippen LogP contribution in [0.1, 0.15) is 33.1 Å². The fourth-order valence-electron chi connectivity index (χ4n) is 1.01. The van der Waals surface area contributed by atoms with E-state index in [1.54, 1.807) is 13.0 Å². The molecular formula is C9H15NO. The predicted molar refractivity (Wildman–Crippen MR) is 44.9 cm³/mol. The van der Waals surface area contributed by atoms with Gasteiger partial charge in [-0.25, -0.2) is 0 Å². The molecular weight excluding hydrogens is 138 g/mol. The lowest BCUT2D eigenvalue weighted by atomic mass is 9.96. The Labute approximate surface area is 68.2 Å². The number of nitrogens with zero attached hydrogens (tertiary/aromatic N) is 1. The van der Waals surface area contributed by atoms with E-state index in [0.29, 0.717) is 6.42 Å². The van der Waals surface area contributed by atoms with Gasteiger partial charge in [0.15, 0.2) is 0 Å². The van der Waals surface area contributed by atoms with Crippen LogP contribution < -0.4 is 0 Å². The molecule has 0 fully saturated rings. The summed E-state index contributed by atoms with van der Waals surface area (Å²) in [5.74, 6) is 0. The first-order valence-corrected chi connectivity index (χ1v) is 3.89. The number of rotatable bonds is 4. The molecule has 0 bridgehead atoms. The fraction of sp³-hybridized carbons (Fsp3) is 0.667. The van der Waals surface area contributed by atoms with E-state index in [-0.39, 0.29) is 0 Å². The minimum Gasteiger partial charge on any atom is -0.390 e. The molecule has 2 heteroatoms. The van der Waals surface area contributed by atoms with Crippen molar-refractivity contribution in [2.45, 2.75) is 38.7 Å². The summed E-state index contributed by atoms with van der Waals surface area (Å²) in [4.78, 5) is 0. The van der Waals surface area contributed by atoms with Crippen molar-refractivity contribution in [1.29, 1.82) is 5.26 Å². The number of allylic oxidation sites excluding steroid dienone is 1. The molecule has 62 valence electrons.